The molecule has 8 heteroatoms. The van der Waals surface area contributed by atoms with Gasteiger partial charge in [-0.3, -0.25) is 9.59 Å². The first kappa shape index (κ1) is 25.3. The van der Waals surface area contributed by atoms with E-state index in [-0.39, 0.29) is 37.3 Å². The number of nitrogens with zero attached hydrogens (tertiary/aromatic N) is 1. The molecule has 3 N–H and O–H groups in total. The number of carbonyl (C=O) groups excluding carboxylic acids is 2. The second-order valence-electron chi connectivity index (χ2n) is 9.56. The number of benzene rings is 2. The van der Waals surface area contributed by atoms with Crippen molar-refractivity contribution in [1.82, 2.24) is 4.98 Å². The van der Waals surface area contributed by atoms with E-state index in [1.54, 1.807) is 51.3 Å². The molecule has 7 nitrogen and oxygen atoms in total. The van der Waals surface area contributed by atoms with Crippen LogP contribution in [-0.2, 0) is 27.0 Å². The molecule has 0 saturated carbocycles. The van der Waals surface area contributed by atoms with Gasteiger partial charge >= 0.3 is 0 Å². The maximum atomic E-state index is 13.6. The molecule has 2 heterocycles. The number of amides is 1. The van der Waals surface area contributed by atoms with Gasteiger partial charge < -0.3 is 20.3 Å². The lowest BCUT2D eigenvalue weighted by atomic mass is 9.81. The highest BCUT2D eigenvalue weighted by atomic mass is 19.1. The van der Waals surface area contributed by atoms with Crippen LogP contribution in [0.25, 0.3) is 11.3 Å². The van der Waals surface area contributed by atoms with Crippen LogP contribution in [0.5, 0.6) is 11.5 Å². The SMILES string of the molecule is COc1ccc(CC(=O)CC[C@](C)(O)c2cc3c(c(-c4ccc(F)cc4)n2)OC[C@]3(C)C(N)=O)cc1. The number of hydrogen-bond acceptors (Lipinski definition) is 6. The van der Waals surface area contributed by atoms with Gasteiger partial charge in [-0.05, 0) is 68.3 Å². The Morgan fingerprint density at radius 3 is 2.47 bits per heavy atom. The number of Topliss-reactive ketones (excluding diaryl/α,β-unsaturated/α-hetero) is 1. The summed E-state index contributed by atoms with van der Waals surface area (Å²) in [7, 11) is 1.58. The molecule has 2 aromatic carbocycles. The van der Waals surface area contributed by atoms with Crippen LogP contribution in [0.3, 0.4) is 0 Å². The normalized spacial score (nSPS) is 18.1. The van der Waals surface area contributed by atoms with E-state index in [4.69, 9.17) is 15.2 Å². The number of rotatable bonds is 9. The Morgan fingerprint density at radius 2 is 1.86 bits per heavy atom. The lowest BCUT2D eigenvalue weighted by Gasteiger charge is -2.26. The molecule has 0 bridgehead atoms. The van der Waals surface area contributed by atoms with Crippen LogP contribution in [0.15, 0.2) is 54.6 Å². The number of methoxy groups -OCH3 is 1. The highest BCUT2D eigenvalue weighted by Gasteiger charge is 2.45. The summed E-state index contributed by atoms with van der Waals surface area (Å²) in [6, 6.07) is 14.6. The number of pyridine rings is 1. The number of hydrogen-bond donors (Lipinski definition) is 2. The van der Waals surface area contributed by atoms with Gasteiger partial charge in [0.25, 0.3) is 0 Å². The van der Waals surface area contributed by atoms with E-state index >= 15 is 0 Å². The third-order valence-corrected chi connectivity index (χ3v) is 6.74. The fourth-order valence-electron chi connectivity index (χ4n) is 4.24. The predicted octanol–water partition coefficient (Wildman–Crippen LogP) is 3.83. The average molecular weight is 493 g/mol. The standard InChI is InChI=1S/C28H29FN2O5/c1-27(26(30)33)16-36-25-22(27)15-23(31-24(25)18-6-8-19(29)9-7-18)28(2,34)13-12-20(32)14-17-4-10-21(35-3)11-5-17/h4-11,15,34H,12-14,16H2,1-3H3,(H2,30,33)/t27-,28-/m0/s1. The van der Waals surface area contributed by atoms with Crippen molar-refractivity contribution in [2.24, 2.45) is 5.73 Å². The van der Waals surface area contributed by atoms with Crippen molar-refractivity contribution < 1.29 is 28.6 Å². The lowest BCUT2D eigenvalue weighted by Crippen LogP contribution is -2.40. The van der Waals surface area contributed by atoms with Gasteiger partial charge in [0.1, 0.15) is 46.4 Å². The van der Waals surface area contributed by atoms with Crippen LogP contribution >= 0.6 is 0 Å². The van der Waals surface area contributed by atoms with E-state index in [9.17, 15) is 19.1 Å². The highest BCUT2D eigenvalue weighted by molar-refractivity contribution is 5.90. The van der Waals surface area contributed by atoms with Crippen LogP contribution in [0.4, 0.5) is 4.39 Å². The number of primary amides is 1. The van der Waals surface area contributed by atoms with Crippen molar-refractivity contribution in [2.75, 3.05) is 13.7 Å². The fraction of sp³-hybridized carbons (Fsp3) is 0.321. The first-order valence-electron chi connectivity index (χ1n) is 11.6. The quantitative estimate of drug-likeness (QED) is 0.470. The monoisotopic (exact) mass is 492 g/mol. The van der Waals surface area contributed by atoms with Gasteiger partial charge in [0, 0.05) is 24.0 Å². The molecule has 1 amide bonds. The van der Waals surface area contributed by atoms with Gasteiger partial charge in [-0.1, -0.05) is 12.1 Å². The number of ketones is 1. The van der Waals surface area contributed by atoms with Gasteiger partial charge in [0.15, 0.2) is 0 Å². The van der Waals surface area contributed by atoms with Crippen molar-refractivity contribution in [1.29, 1.82) is 0 Å². The van der Waals surface area contributed by atoms with Crippen LogP contribution < -0.4 is 15.2 Å². The summed E-state index contributed by atoms with van der Waals surface area (Å²) in [6.45, 7) is 3.28. The number of halogens is 1. The third kappa shape index (κ3) is 4.95. The molecule has 2 atom stereocenters. The van der Waals surface area contributed by atoms with Crippen molar-refractivity contribution in [3.63, 3.8) is 0 Å². The number of ether oxygens (including phenoxy) is 2. The topological polar surface area (TPSA) is 112 Å². The van der Waals surface area contributed by atoms with Crippen LogP contribution in [-0.4, -0.2) is 35.5 Å². The third-order valence-electron chi connectivity index (χ3n) is 6.74. The molecule has 0 fully saturated rings. The lowest BCUT2D eigenvalue weighted by molar-refractivity contribution is -0.123. The minimum Gasteiger partial charge on any atom is -0.497 e. The summed E-state index contributed by atoms with van der Waals surface area (Å²) in [5.41, 5.74) is 5.66. The molecule has 0 spiro atoms. The van der Waals surface area contributed by atoms with Crippen molar-refractivity contribution >= 4 is 11.7 Å². The molecule has 1 aliphatic rings. The Hall–Kier alpha value is -3.78. The molecular formula is C28H29FN2O5. The number of carbonyl (C=O) groups is 2. The number of fused-ring (bicyclic) bond motifs is 1. The van der Waals surface area contributed by atoms with E-state index < -0.39 is 22.7 Å². The predicted molar refractivity (Wildman–Crippen MR) is 132 cm³/mol. The number of aliphatic hydroxyl groups is 1. The van der Waals surface area contributed by atoms with Crippen LogP contribution in [0.2, 0.25) is 0 Å². The fourth-order valence-corrected chi connectivity index (χ4v) is 4.24. The van der Waals surface area contributed by atoms with Crippen molar-refractivity contribution in [3.05, 3.63) is 77.2 Å². The first-order chi connectivity index (χ1) is 17.0. The minimum atomic E-state index is -1.49. The Morgan fingerprint density at radius 1 is 1.19 bits per heavy atom. The summed E-state index contributed by atoms with van der Waals surface area (Å²) in [5, 5.41) is 11.4. The average Bonchev–Trinajstić information content (AvgIpc) is 3.21. The second-order valence-corrected chi connectivity index (χ2v) is 9.56. The second kappa shape index (κ2) is 9.70. The molecule has 188 valence electrons. The molecule has 0 saturated heterocycles. The smallest absolute Gasteiger partial charge is 0.231 e. The summed E-state index contributed by atoms with van der Waals surface area (Å²) in [6.07, 6.45) is 0.462. The zero-order valence-electron chi connectivity index (χ0n) is 20.5. The Kier molecular flexibility index (Phi) is 6.82. The summed E-state index contributed by atoms with van der Waals surface area (Å²) in [5.74, 6) is 0.0685. The molecule has 4 rings (SSSR count). The summed E-state index contributed by atoms with van der Waals surface area (Å²) in [4.78, 5) is 29.6. The Balaban J connectivity index is 1.62. The maximum absolute atomic E-state index is 13.6. The zero-order valence-corrected chi connectivity index (χ0v) is 20.5. The van der Waals surface area contributed by atoms with Gasteiger partial charge in [0.2, 0.25) is 5.91 Å². The van der Waals surface area contributed by atoms with Crippen molar-refractivity contribution in [3.8, 4) is 22.8 Å². The van der Waals surface area contributed by atoms with Gasteiger partial charge in [-0.15, -0.1) is 0 Å². The number of nitrogens with two attached hydrogens (primary N) is 1. The van der Waals surface area contributed by atoms with E-state index in [0.717, 1.165) is 5.56 Å². The summed E-state index contributed by atoms with van der Waals surface area (Å²) < 4.78 is 24.5. The summed E-state index contributed by atoms with van der Waals surface area (Å²) >= 11 is 0. The molecule has 1 aliphatic heterocycles. The molecule has 0 radical (unpaired) electrons. The highest BCUT2D eigenvalue weighted by Crippen LogP contribution is 2.45. The molecule has 1 aromatic heterocycles. The zero-order chi connectivity index (χ0) is 26.1. The minimum absolute atomic E-state index is 0.0273. The van der Waals surface area contributed by atoms with E-state index in [1.807, 2.05) is 12.1 Å². The Labute approximate surface area is 209 Å². The van der Waals surface area contributed by atoms with Gasteiger partial charge in [-0.25, -0.2) is 9.37 Å². The molecule has 0 aliphatic carbocycles. The van der Waals surface area contributed by atoms with Crippen LogP contribution in [0, 0.1) is 5.82 Å². The first-order valence-corrected chi connectivity index (χ1v) is 11.6. The van der Waals surface area contributed by atoms with E-state index in [0.29, 0.717) is 28.3 Å². The van der Waals surface area contributed by atoms with Gasteiger partial charge in [0.05, 0.1) is 12.8 Å². The maximum Gasteiger partial charge on any atom is 0.231 e. The largest absolute Gasteiger partial charge is 0.497 e. The van der Waals surface area contributed by atoms with Crippen molar-refractivity contribution in [2.45, 2.75) is 44.1 Å². The van der Waals surface area contributed by atoms with Crippen LogP contribution in [0.1, 0.15) is 43.5 Å². The molecule has 36 heavy (non-hydrogen) atoms. The Bertz CT molecular complexity index is 1290. The van der Waals surface area contributed by atoms with Gasteiger partial charge in [-0.2, -0.15) is 0 Å². The number of aromatic nitrogens is 1. The van der Waals surface area contributed by atoms with E-state index in [1.165, 1.54) is 12.1 Å². The van der Waals surface area contributed by atoms with E-state index in [2.05, 4.69) is 4.98 Å². The molecule has 0 unspecified atom stereocenters. The molecule has 3 aromatic rings. The molecular weight excluding hydrogens is 463 g/mol.